The Morgan fingerprint density at radius 3 is 2.40 bits per heavy atom. The Hall–Kier alpha value is -4.34. The molecule has 0 saturated heterocycles. The van der Waals surface area contributed by atoms with E-state index < -0.39 is 29.9 Å². The standard InChI is InChI=1S/C28H31IN4O9/c1-5-39-24(35)15-42-20-9-7-17(11-19(20)29)13-30-33-23(34)14-41-21-10-8-18(12-22(21)38-4)26-25(27(36)40-6-2)16(3)31-28(37)32-26/h7-13,26H,5-6,14-15H2,1-4H3,(H,33,34)(H2,31,32,37)/b30-13-/t26-/m0/s1. The highest BCUT2D eigenvalue weighted by Crippen LogP contribution is 2.34. The first-order valence-corrected chi connectivity index (χ1v) is 13.9. The largest absolute Gasteiger partial charge is 0.493 e. The van der Waals surface area contributed by atoms with Crippen molar-refractivity contribution >= 4 is 52.7 Å². The van der Waals surface area contributed by atoms with Crippen molar-refractivity contribution in [2.24, 2.45) is 5.10 Å². The molecular formula is C28H31IN4O9. The highest BCUT2D eigenvalue weighted by Gasteiger charge is 2.32. The van der Waals surface area contributed by atoms with Crippen LogP contribution in [0.15, 0.2) is 52.8 Å². The monoisotopic (exact) mass is 694 g/mol. The molecule has 0 radical (unpaired) electrons. The van der Waals surface area contributed by atoms with Crippen molar-refractivity contribution in [3.05, 3.63) is 62.4 Å². The van der Waals surface area contributed by atoms with Gasteiger partial charge in [-0.05, 0) is 84.8 Å². The molecule has 1 aliphatic rings. The van der Waals surface area contributed by atoms with Gasteiger partial charge in [-0.1, -0.05) is 6.07 Å². The van der Waals surface area contributed by atoms with Crippen molar-refractivity contribution in [2.75, 3.05) is 33.5 Å². The Kier molecular flexibility index (Phi) is 12.0. The lowest BCUT2D eigenvalue weighted by atomic mass is 9.95. The second-order valence-corrected chi connectivity index (χ2v) is 9.73. The van der Waals surface area contributed by atoms with E-state index in [1.165, 1.54) is 13.3 Å². The minimum absolute atomic E-state index is 0.178. The third kappa shape index (κ3) is 8.83. The summed E-state index contributed by atoms with van der Waals surface area (Å²) in [5.74, 6) is -0.455. The normalized spacial score (nSPS) is 14.5. The van der Waals surface area contributed by atoms with Crippen LogP contribution in [0.2, 0.25) is 0 Å². The van der Waals surface area contributed by atoms with Crippen LogP contribution in [0.3, 0.4) is 0 Å². The number of carbonyl (C=O) groups excluding carboxylic acids is 4. The maximum Gasteiger partial charge on any atom is 0.344 e. The number of nitrogens with one attached hydrogen (secondary N) is 3. The number of hydrogen-bond donors (Lipinski definition) is 3. The Morgan fingerprint density at radius 2 is 1.71 bits per heavy atom. The van der Waals surface area contributed by atoms with E-state index >= 15 is 0 Å². The molecule has 1 heterocycles. The molecule has 2 aromatic carbocycles. The number of benzene rings is 2. The molecule has 3 rings (SSSR count). The molecule has 42 heavy (non-hydrogen) atoms. The number of amides is 3. The molecule has 0 unspecified atom stereocenters. The summed E-state index contributed by atoms with van der Waals surface area (Å²) >= 11 is 2.06. The van der Waals surface area contributed by atoms with Crippen molar-refractivity contribution in [3.63, 3.8) is 0 Å². The molecule has 224 valence electrons. The second kappa shape index (κ2) is 15.6. The number of methoxy groups -OCH3 is 1. The van der Waals surface area contributed by atoms with E-state index in [0.29, 0.717) is 22.6 Å². The number of hydrazone groups is 1. The fourth-order valence-electron chi connectivity index (χ4n) is 3.81. The third-order valence-corrected chi connectivity index (χ3v) is 6.50. The number of ether oxygens (including phenoxy) is 5. The van der Waals surface area contributed by atoms with Crippen molar-refractivity contribution in [3.8, 4) is 17.2 Å². The van der Waals surface area contributed by atoms with E-state index in [9.17, 15) is 19.2 Å². The molecule has 1 aliphatic heterocycles. The molecule has 0 saturated carbocycles. The van der Waals surface area contributed by atoms with Crippen molar-refractivity contribution in [1.82, 2.24) is 16.1 Å². The quantitative estimate of drug-likeness (QED) is 0.124. The summed E-state index contributed by atoms with van der Waals surface area (Å²) in [7, 11) is 1.43. The second-order valence-electron chi connectivity index (χ2n) is 8.57. The number of rotatable bonds is 13. The fourth-order valence-corrected chi connectivity index (χ4v) is 4.51. The van der Waals surface area contributed by atoms with Gasteiger partial charge < -0.3 is 34.3 Å². The zero-order valence-electron chi connectivity index (χ0n) is 23.4. The van der Waals surface area contributed by atoms with Gasteiger partial charge in [0.1, 0.15) is 5.75 Å². The Labute approximate surface area is 256 Å². The van der Waals surface area contributed by atoms with Crippen LogP contribution in [0, 0.1) is 3.57 Å². The molecule has 2 aromatic rings. The molecule has 13 nitrogen and oxygen atoms in total. The maximum absolute atomic E-state index is 12.6. The average molecular weight is 694 g/mol. The van der Waals surface area contributed by atoms with E-state index in [1.807, 2.05) is 0 Å². The summed E-state index contributed by atoms with van der Waals surface area (Å²) in [6, 6.07) is 8.77. The number of hydrogen-bond acceptors (Lipinski definition) is 10. The summed E-state index contributed by atoms with van der Waals surface area (Å²) in [6.07, 6.45) is 1.45. The van der Waals surface area contributed by atoms with Gasteiger partial charge in [0.15, 0.2) is 24.7 Å². The minimum Gasteiger partial charge on any atom is -0.493 e. The summed E-state index contributed by atoms with van der Waals surface area (Å²) in [6.45, 7) is 4.94. The van der Waals surface area contributed by atoms with Crippen LogP contribution in [-0.2, 0) is 23.9 Å². The zero-order chi connectivity index (χ0) is 30.6. The Bertz CT molecular complexity index is 1390. The van der Waals surface area contributed by atoms with Gasteiger partial charge >= 0.3 is 18.0 Å². The molecule has 0 aromatic heterocycles. The predicted molar refractivity (Wildman–Crippen MR) is 159 cm³/mol. The van der Waals surface area contributed by atoms with Crippen molar-refractivity contribution in [2.45, 2.75) is 26.8 Å². The number of allylic oxidation sites excluding steroid dienone is 1. The van der Waals surface area contributed by atoms with Gasteiger partial charge in [0, 0.05) is 5.70 Å². The van der Waals surface area contributed by atoms with Crippen LogP contribution in [0.5, 0.6) is 17.2 Å². The van der Waals surface area contributed by atoms with Crippen LogP contribution < -0.4 is 30.3 Å². The smallest absolute Gasteiger partial charge is 0.344 e. The first kappa shape index (κ1) is 32.2. The van der Waals surface area contributed by atoms with Gasteiger partial charge in [0.05, 0.1) is 41.7 Å². The molecule has 1 atom stereocenters. The summed E-state index contributed by atoms with van der Waals surface area (Å²) in [5, 5.41) is 9.25. The van der Waals surface area contributed by atoms with Gasteiger partial charge in [0.2, 0.25) is 0 Å². The van der Waals surface area contributed by atoms with Crippen molar-refractivity contribution in [1.29, 1.82) is 0 Å². The molecular weight excluding hydrogens is 663 g/mol. The lowest BCUT2D eigenvalue weighted by Gasteiger charge is -2.28. The Balaban J connectivity index is 1.60. The zero-order valence-corrected chi connectivity index (χ0v) is 25.6. The van der Waals surface area contributed by atoms with Gasteiger partial charge in [0.25, 0.3) is 5.91 Å². The van der Waals surface area contributed by atoms with Gasteiger partial charge in [-0.25, -0.2) is 19.8 Å². The maximum atomic E-state index is 12.6. The highest BCUT2D eigenvalue weighted by molar-refractivity contribution is 14.1. The van der Waals surface area contributed by atoms with Gasteiger partial charge in [-0.3, -0.25) is 4.79 Å². The van der Waals surface area contributed by atoms with E-state index in [2.05, 4.69) is 43.8 Å². The fraction of sp³-hybridized carbons (Fsp3) is 0.321. The topological polar surface area (TPSA) is 163 Å². The van der Waals surface area contributed by atoms with Crippen LogP contribution >= 0.6 is 22.6 Å². The predicted octanol–water partition coefficient (Wildman–Crippen LogP) is 2.96. The number of esters is 2. The SMILES string of the molecule is CCOC(=O)COc1ccc(/C=N\NC(=O)COc2ccc([C@@H]3NC(=O)NC(C)=C3C(=O)OCC)cc2OC)cc1I. The van der Waals surface area contributed by atoms with Gasteiger partial charge in [-0.2, -0.15) is 5.10 Å². The molecule has 3 amide bonds. The molecule has 0 bridgehead atoms. The van der Waals surface area contributed by atoms with Gasteiger partial charge in [-0.15, -0.1) is 0 Å². The van der Waals surface area contributed by atoms with Crippen LogP contribution in [0.4, 0.5) is 4.79 Å². The van der Waals surface area contributed by atoms with Crippen LogP contribution in [0.1, 0.15) is 37.9 Å². The molecule has 0 fully saturated rings. The number of urea groups is 1. The average Bonchev–Trinajstić information content (AvgIpc) is 2.95. The Morgan fingerprint density at radius 1 is 1.00 bits per heavy atom. The first-order valence-electron chi connectivity index (χ1n) is 12.8. The first-order chi connectivity index (χ1) is 20.2. The molecule has 0 aliphatic carbocycles. The summed E-state index contributed by atoms with van der Waals surface area (Å²) in [4.78, 5) is 48.5. The number of carbonyl (C=O) groups is 4. The third-order valence-electron chi connectivity index (χ3n) is 5.65. The lowest BCUT2D eigenvalue weighted by Crippen LogP contribution is -2.45. The number of nitrogens with zero attached hydrogens (tertiary/aromatic N) is 1. The van der Waals surface area contributed by atoms with E-state index in [0.717, 1.165) is 3.57 Å². The van der Waals surface area contributed by atoms with Crippen molar-refractivity contribution < 1.29 is 42.9 Å². The van der Waals surface area contributed by atoms with Crippen LogP contribution in [-0.4, -0.2) is 63.6 Å². The van der Waals surface area contributed by atoms with E-state index in [4.69, 9.17) is 23.7 Å². The summed E-state index contributed by atoms with van der Waals surface area (Å²) in [5.41, 5.74) is 4.28. The van der Waals surface area contributed by atoms with E-state index in [1.54, 1.807) is 57.2 Å². The minimum atomic E-state index is -0.778. The molecule has 3 N–H and O–H groups in total. The highest BCUT2D eigenvalue weighted by atomic mass is 127. The molecule has 0 spiro atoms. The van der Waals surface area contributed by atoms with Crippen LogP contribution in [0.25, 0.3) is 0 Å². The molecule has 14 heteroatoms. The summed E-state index contributed by atoms with van der Waals surface area (Å²) < 4.78 is 27.2. The number of halogens is 1. The van der Waals surface area contributed by atoms with E-state index in [-0.39, 0.29) is 43.5 Å². The lowest BCUT2D eigenvalue weighted by molar-refractivity contribution is -0.145.